The van der Waals surface area contributed by atoms with Crippen molar-refractivity contribution in [1.82, 2.24) is 4.90 Å². The first-order chi connectivity index (χ1) is 10.3. The average molecular weight is 304 g/mol. The molecule has 1 aliphatic rings. The van der Waals surface area contributed by atoms with E-state index in [4.69, 9.17) is 4.74 Å². The van der Waals surface area contributed by atoms with Gasteiger partial charge in [-0.15, -0.1) is 0 Å². The highest BCUT2D eigenvalue weighted by atomic mass is 16.5. The van der Waals surface area contributed by atoms with Gasteiger partial charge in [-0.1, -0.05) is 20.8 Å². The molecule has 5 heteroatoms. The first kappa shape index (κ1) is 16.3. The topological polar surface area (TPSA) is 49.9 Å². The van der Waals surface area contributed by atoms with Crippen molar-refractivity contribution >= 4 is 17.6 Å². The van der Waals surface area contributed by atoms with Crippen LogP contribution < -0.4 is 4.90 Å². The van der Waals surface area contributed by atoms with Crippen molar-refractivity contribution in [1.29, 1.82) is 0 Å². The standard InChI is InChI=1S/C17H24N2O3/c1-17(2,3)16(21)19-11-9-18(10-12-19)14-7-5-13(6-8-14)15(20)22-4/h5-8H,9-12H2,1-4H3. The normalized spacial score (nSPS) is 15.6. The zero-order chi connectivity index (χ0) is 16.3. The fourth-order valence-corrected chi connectivity index (χ4v) is 2.57. The number of rotatable bonds is 2. The molecule has 5 nitrogen and oxygen atoms in total. The van der Waals surface area contributed by atoms with Crippen LogP contribution in [0.1, 0.15) is 31.1 Å². The third-order valence-electron chi connectivity index (χ3n) is 3.86. The number of nitrogens with zero attached hydrogens (tertiary/aromatic N) is 2. The first-order valence-corrected chi connectivity index (χ1v) is 7.55. The zero-order valence-corrected chi connectivity index (χ0v) is 13.8. The Bertz CT molecular complexity index is 538. The summed E-state index contributed by atoms with van der Waals surface area (Å²) in [6, 6.07) is 7.39. The number of carbonyl (C=O) groups excluding carboxylic acids is 2. The molecule has 0 unspecified atom stereocenters. The van der Waals surface area contributed by atoms with Crippen LogP contribution in [0.4, 0.5) is 5.69 Å². The monoisotopic (exact) mass is 304 g/mol. The van der Waals surface area contributed by atoms with Crippen LogP contribution in [-0.4, -0.2) is 50.1 Å². The quantitative estimate of drug-likeness (QED) is 0.786. The van der Waals surface area contributed by atoms with Gasteiger partial charge in [0, 0.05) is 37.3 Å². The van der Waals surface area contributed by atoms with Gasteiger partial charge in [0.25, 0.3) is 0 Å². The zero-order valence-electron chi connectivity index (χ0n) is 13.8. The van der Waals surface area contributed by atoms with Gasteiger partial charge in [0.15, 0.2) is 0 Å². The van der Waals surface area contributed by atoms with Crippen molar-refractivity contribution in [3.8, 4) is 0 Å². The molecule has 0 aliphatic carbocycles. The summed E-state index contributed by atoms with van der Waals surface area (Å²) in [4.78, 5) is 27.9. The number of benzene rings is 1. The Kier molecular flexibility index (Phi) is 4.74. The first-order valence-electron chi connectivity index (χ1n) is 7.55. The highest BCUT2D eigenvalue weighted by Gasteiger charge is 2.29. The van der Waals surface area contributed by atoms with Gasteiger partial charge in [0.05, 0.1) is 12.7 Å². The molecule has 1 aliphatic heterocycles. The number of methoxy groups -OCH3 is 1. The van der Waals surface area contributed by atoms with Gasteiger partial charge in [0.1, 0.15) is 0 Å². The highest BCUT2D eigenvalue weighted by Crippen LogP contribution is 2.21. The highest BCUT2D eigenvalue weighted by molar-refractivity contribution is 5.89. The minimum Gasteiger partial charge on any atom is -0.465 e. The van der Waals surface area contributed by atoms with Crippen LogP contribution in [0.5, 0.6) is 0 Å². The molecule has 0 atom stereocenters. The number of ether oxygens (including phenoxy) is 1. The summed E-state index contributed by atoms with van der Waals surface area (Å²) in [5.41, 5.74) is 1.29. The smallest absolute Gasteiger partial charge is 0.337 e. The average Bonchev–Trinajstić information content (AvgIpc) is 2.53. The summed E-state index contributed by atoms with van der Waals surface area (Å²) in [7, 11) is 1.38. The van der Waals surface area contributed by atoms with Gasteiger partial charge in [-0.3, -0.25) is 4.79 Å². The van der Waals surface area contributed by atoms with E-state index in [1.165, 1.54) is 7.11 Å². The predicted octanol–water partition coefficient (Wildman–Crippen LogP) is 2.17. The van der Waals surface area contributed by atoms with Crippen LogP contribution in [0.25, 0.3) is 0 Å². The summed E-state index contributed by atoms with van der Waals surface area (Å²) in [6.07, 6.45) is 0. The Labute approximate surface area is 131 Å². The molecular weight excluding hydrogens is 280 g/mol. The van der Waals surface area contributed by atoms with Crippen LogP contribution in [0.2, 0.25) is 0 Å². The fourth-order valence-electron chi connectivity index (χ4n) is 2.57. The molecule has 120 valence electrons. The number of anilines is 1. The van der Waals surface area contributed by atoms with E-state index < -0.39 is 0 Å². The summed E-state index contributed by atoms with van der Waals surface area (Å²) < 4.78 is 4.70. The van der Waals surface area contributed by atoms with E-state index in [-0.39, 0.29) is 17.3 Å². The largest absolute Gasteiger partial charge is 0.465 e. The molecular formula is C17H24N2O3. The molecule has 0 N–H and O–H groups in total. The Morgan fingerprint density at radius 2 is 1.55 bits per heavy atom. The molecule has 1 heterocycles. The van der Waals surface area contributed by atoms with Crippen molar-refractivity contribution in [2.45, 2.75) is 20.8 Å². The predicted molar refractivity (Wildman–Crippen MR) is 86.0 cm³/mol. The van der Waals surface area contributed by atoms with Crippen LogP contribution in [0.3, 0.4) is 0 Å². The number of carbonyl (C=O) groups is 2. The maximum atomic E-state index is 12.3. The number of hydrogen-bond donors (Lipinski definition) is 0. The van der Waals surface area contributed by atoms with E-state index in [1.807, 2.05) is 37.8 Å². The van der Waals surface area contributed by atoms with E-state index in [0.717, 1.165) is 31.9 Å². The number of amides is 1. The van der Waals surface area contributed by atoms with Gasteiger partial charge in [-0.2, -0.15) is 0 Å². The Morgan fingerprint density at radius 3 is 2.00 bits per heavy atom. The lowest BCUT2D eigenvalue weighted by atomic mass is 9.94. The summed E-state index contributed by atoms with van der Waals surface area (Å²) >= 11 is 0. The van der Waals surface area contributed by atoms with Crippen LogP contribution in [0.15, 0.2) is 24.3 Å². The molecule has 0 saturated carbocycles. The Hall–Kier alpha value is -2.04. The van der Waals surface area contributed by atoms with E-state index in [9.17, 15) is 9.59 Å². The number of piperazine rings is 1. The number of hydrogen-bond acceptors (Lipinski definition) is 4. The lowest BCUT2D eigenvalue weighted by Crippen LogP contribution is -2.51. The SMILES string of the molecule is COC(=O)c1ccc(N2CCN(C(=O)C(C)(C)C)CC2)cc1. The lowest BCUT2D eigenvalue weighted by Gasteiger charge is -2.38. The van der Waals surface area contributed by atoms with Crippen LogP contribution in [-0.2, 0) is 9.53 Å². The molecule has 22 heavy (non-hydrogen) atoms. The molecule has 0 aromatic heterocycles. The van der Waals surface area contributed by atoms with Crippen molar-refractivity contribution in [2.75, 3.05) is 38.2 Å². The van der Waals surface area contributed by atoms with Crippen molar-refractivity contribution < 1.29 is 14.3 Å². The van der Waals surface area contributed by atoms with Gasteiger partial charge < -0.3 is 14.5 Å². The Morgan fingerprint density at radius 1 is 1.00 bits per heavy atom. The van der Waals surface area contributed by atoms with E-state index in [0.29, 0.717) is 5.56 Å². The molecule has 1 aromatic carbocycles. The maximum absolute atomic E-state index is 12.3. The second kappa shape index (κ2) is 6.38. The molecule has 0 spiro atoms. The minimum absolute atomic E-state index is 0.202. The summed E-state index contributed by atoms with van der Waals surface area (Å²) in [5, 5.41) is 0. The van der Waals surface area contributed by atoms with Crippen LogP contribution >= 0.6 is 0 Å². The van der Waals surface area contributed by atoms with Gasteiger partial charge in [-0.25, -0.2) is 4.79 Å². The molecule has 2 rings (SSSR count). The van der Waals surface area contributed by atoms with Crippen molar-refractivity contribution in [2.24, 2.45) is 5.41 Å². The molecule has 1 saturated heterocycles. The fraction of sp³-hybridized carbons (Fsp3) is 0.529. The third-order valence-corrected chi connectivity index (χ3v) is 3.86. The third kappa shape index (κ3) is 3.59. The van der Waals surface area contributed by atoms with E-state index in [1.54, 1.807) is 12.1 Å². The van der Waals surface area contributed by atoms with Gasteiger partial charge >= 0.3 is 5.97 Å². The number of esters is 1. The second-order valence-corrected chi connectivity index (χ2v) is 6.57. The summed E-state index contributed by atoms with van der Waals surface area (Å²) in [6.45, 7) is 8.93. The molecule has 0 radical (unpaired) electrons. The van der Waals surface area contributed by atoms with Crippen molar-refractivity contribution in [3.05, 3.63) is 29.8 Å². The summed E-state index contributed by atoms with van der Waals surface area (Å²) in [5.74, 6) is -0.125. The van der Waals surface area contributed by atoms with Gasteiger partial charge in [0.2, 0.25) is 5.91 Å². The second-order valence-electron chi connectivity index (χ2n) is 6.57. The Balaban J connectivity index is 1.97. The van der Waals surface area contributed by atoms with E-state index in [2.05, 4.69) is 4.90 Å². The molecule has 1 aromatic rings. The van der Waals surface area contributed by atoms with Gasteiger partial charge in [-0.05, 0) is 24.3 Å². The van der Waals surface area contributed by atoms with Crippen molar-refractivity contribution in [3.63, 3.8) is 0 Å². The van der Waals surface area contributed by atoms with Crippen LogP contribution in [0, 0.1) is 5.41 Å². The lowest BCUT2D eigenvalue weighted by molar-refractivity contribution is -0.139. The maximum Gasteiger partial charge on any atom is 0.337 e. The molecule has 1 fully saturated rings. The molecule has 1 amide bonds. The minimum atomic E-state index is -0.329. The molecule has 0 bridgehead atoms. The van der Waals surface area contributed by atoms with E-state index >= 15 is 0 Å².